The minimum Gasteiger partial charge on any atom is -0.326 e. The first-order chi connectivity index (χ1) is 14.1. The van der Waals surface area contributed by atoms with E-state index in [9.17, 15) is 4.79 Å². The quantitative estimate of drug-likeness (QED) is 0.800. The van der Waals surface area contributed by atoms with Crippen LogP contribution >= 0.6 is 0 Å². The maximum atomic E-state index is 13.3. The molecule has 1 fully saturated rings. The van der Waals surface area contributed by atoms with Crippen LogP contribution in [-0.2, 0) is 4.79 Å². The summed E-state index contributed by atoms with van der Waals surface area (Å²) in [7, 11) is 2.15. The molecule has 4 nitrogen and oxygen atoms in total. The third kappa shape index (κ3) is 6.02. The second-order valence-corrected chi connectivity index (χ2v) is 7.94. The van der Waals surface area contributed by atoms with Crippen LogP contribution in [0.4, 0.5) is 0 Å². The van der Waals surface area contributed by atoms with Crippen molar-refractivity contribution in [3.05, 3.63) is 83.6 Å². The molecule has 0 saturated carbocycles. The zero-order valence-electron chi connectivity index (χ0n) is 17.7. The van der Waals surface area contributed by atoms with Crippen LogP contribution in [0.25, 0.3) is 0 Å². The molecular formula is C25H33N3O. The number of nitrogens with one attached hydrogen (secondary N) is 1. The number of allylic oxidation sites excluding steroid dienone is 6. The molecule has 154 valence electrons. The van der Waals surface area contributed by atoms with E-state index in [1.54, 1.807) is 0 Å². The van der Waals surface area contributed by atoms with Crippen LogP contribution in [0.3, 0.4) is 0 Å². The van der Waals surface area contributed by atoms with E-state index in [1.807, 2.05) is 37.3 Å². The van der Waals surface area contributed by atoms with E-state index in [2.05, 4.69) is 53.0 Å². The van der Waals surface area contributed by atoms with Gasteiger partial charge in [-0.15, -0.1) is 0 Å². The van der Waals surface area contributed by atoms with E-state index in [4.69, 9.17) is 0 Å². The predicted molar refractivity (Wildman–Crippen MR) is 121 cm³/mol. The normalized spacial score (nSPS) is 21.4. The van der Waals surface area contributed by atoms with Gasteiger partial charge in [0.25, 0.3) is 0 Å². The van der Waals surface area contributed by atoms with E-state index >= 15 is 0 Å². The summed E-state index contributed by atoms with van der Waals surface area (Å²) in [5, 5.41) is 3.17. The number of hydrogen-bond acceptors (Lipinski definition) is 3. The van der Waals surface area contributed by atoms with Gasteiger partial charge < -0.3 is 10.2 Å². The van der Waals surface area contributed by atoms with Crippen molar-refractivity contribution in [2.24, 2.45) is 0 Å². The number of hydrogen-bond donors (Lipinski definition) is 1. The van der Waals surface area contributed by atoms with Gasteiger partial charge in [-0.05, 0) is 49.6 Å². The first-order valence-electron chi connectivity index (χ1n) is 10.6. The predicted octanol–water partition coefficient (Wildman–Crippen LogP) is 3.87. The number of benzene rings is 1. The molecule has 1 N–H and O–H groups in total. The highest BCUT2D eigenvalue weighted by atomic mass is 16.1. The second kappa shape index (κ2) is 10.4. The van der Waals surface area contributed by atoms with Crippen molar-refractivity contribution in [3.63, 3.8) is 0 Å². The molecule has 0 spiro atoms. The van der Waals surface area contributed by atoms with Crippen molar-refractivity contribution in [1.82, 2.24) is 15.1 Å². The Bertz CT molecular complexity index is 799. The van der Waals surface area contributed by atoms with Crippen molar-refractivity contribution >= 4 is 5.91 Å². The number of carbonyl (C=O) groups is 1. The van der Waals surface area contributed by atoms with Gasteiger partial charge in [-0.2, -0.15) is 0 Å². The lowest BCUT2D eigenvalue weighted by Crippen LogP contribution is -2.47. The second-order valence-electron chi connectivity index (χ2n) is 7.94. The maximum Gasteiger partial charge on any atom is 0.233 e. The number of likely N-dealkylation sites (N-methyl/N-ethyl adjacent to an activating group) is 1. The zero-order valence-corrected chi connectivity index (χ0v) is 17.7. The summed E-state index contributed by atoms with van der Waals surface area (Å²) >= 11 is 0. The Labute approximate surface area is 175 Å². The number of carbonyl (C=O) groups excluding carboxylic acids is 1. The van der Waals surface area contributed by atoms with E-state index in [0.717, 1.165) is 68.0 Å². The Balaban J connectivity index is 1.75. The van der Waals surface area contributed by atoms with Gasteiger partial charge in [0.2, 0.25) is 5.91 Å². The fourth-order valence-electron chi connectivity index (χ4n) is 3.78. The lowest BCUT2D eigenvalue weighted by molar-refractivity contribution is -0.122. The molecule has 1 aromatic rings. The Morgan fingerprint density at radius 2 is 1.93 bits per heavy atom. The van der Waals surface area contributed by atoms with Gasteiger partial charge in [-0.1, -0.05) is 55.1 Å². The van der Waals surface area contributed by atoms with Crippen molar-refractivity contribution in [2.45, 2.75) is 25.7 Å². The van der Waals surface area contributed by atoms with E-state index in [-0.39, 0.29) is 11.8 Å². The Morgan fingerprint density at radius 3 is 2.59 bits per heavy atom. The van der Waals surface area contributed by atoms with Crippen LogP contribution in [0.2, 0.25) is 0 Å². The van der Waals surface area contributed by atoms with Gasteiger partial charge in [-0.25, -0.2) is 0 Å². The van der Waals surface area contributed by atoms with Gasteiger partial charge in [-0.3, -0.25) is 9.69 Å². The molecule has 1 saturated heterocycles. The summed E-state index contributed by atoms with van der Waals surface area (Å²) in [6.45, 7) is 10.9. The summed E-state index contributed by atoms with van der Waals surface area (Å²) in [5.41, 5.74) is 4.11. The summed E-state index contributed by atoms with van der Waals surface area (Å²) < 4.78 is 0. The number of rotatable bonds is 6. The minimum absolute atomic E-state index is 0.0467. The van der Waals surface area contributed by atoms with Crippen LogP contribution in [-0.4, -0.2) is 55.5 Å². The number of amides is 1. The van der Waals surface area contributed by atoms with Crippen LogP contribution < -0.4 is 5.32 Å². The summed E-state index contributed by atoms with van der Waals surface area (Å²) in [5.74, 6) is -0.150. The van der Waals surface area contributed by atoms with Crippen molar-refractivity contribution < 1.29 is 4.79 Å². The van der Waals surface area contributed by atoms with Gasteiger partial charge in [0.1, 0.15) is 0 Å². The summed E-state index contributed by atoms with van der Waals surface area (Å²) in [6, 6.07) is 10.1. The maximum absolute atomic E-state index is 13.3. The topological polar surface area (TPSA) is 35.6 Å². The fraction of sp³-hybridized carbons (Fsp3) is 0.400. The smallest absolute Gasteiger partial charge is 0.233 e. The highest BCUT2D eigenvalue weighted by Crippen LogP contribution is 2.23. The number of nitrogens with zero attached hydrogens (tertiary/aromatic N) is 2. The van der Waals surface area contributed by atoms with Crippen LogP contribution in [0.1, 0.15) is 31.2 Å². The van der Waals surface area contributed by atoms with Crippen molar-refractivity contribution in [2.75, 3.05) is 39.8 Å². The molecule has 3 rings (SSSR count). The van der Waals surface area contributed by atoms with E-state index in [0.29, 0.717) is 0 Å². The summed E-state index contributed by atoms with van der Waals surface area (Å²) in [6.07, 6.45) is 10.3. The lowest BCUT2D eigenvalue weighted by Gasteiger charge is -2.34. The molecule has 1 heterocycles. The van der Waals surface area contributed by atoms with Crippen molar-refractivity contribution in [3.8, 4) is 0 Å². The third-order valence-electron chi connectivity index (χ3n) is 5.76. The minimum atomic E-state index is -0.196. The zero-order chi connectivity index (χ0) is 20.6. The summed E-state index contributed by atoms with van der Waals surface area (Å²) in [4.78, 5) is 18.1. The molecule has 1 atom stereocenters. The van der Waals surface area contributed by atoms with Crippen LogP contribution in [0.15, 0.2) is 78.1 Å². The SMILES string of the molecule is C=C1CCC=C/C1=C/C(=CC)NC(=O)C(CN1CCN(C)CC1)c1ccccc1. The molecular weight excluding hydrogens is 358 g/mol. The first-order valence-corrected chi connectivity index (χ1v) is 10.6. The molecule has 0 radical (unpaired) electrons. The fourth-order valence-corrected chi connectivity index (χ4v) is 3.78. The molecule has 1 aliphatic heterocycles. The van der Waals surface area contributed by atoms with Crippen LogP contribution in [0.5, 0.6) is 0 Å². The van der Waals surface area contributed by atoms with Crippen molar-refractivity contribution in [1.29, 1.82) is 0 Å². The molecule has 1 aliphatic carbocycles. The highest BCUT2D eigenvalue weighted by molar-refractivity contribution is 5.85. The molecule has 29 heavy (non-hydrogen) atoms. The lowest BCUT2D eigenvalue weighted by atomic mass is 9.95. The average Bonchev–Trinajstić information content (AvgIpc) is 2.74. The molecule has 2 aliphatic rings. The molecule has 1 unspecified atom stereocenters. The molecule has 0 bridgehead atoms. The Hall–Kier alpha value is -2.43. The Morgan fingerprint density at radius 1 is 1.21 bits per heavy atom. The van der Waals surface area contributed by atoms with E-state index in [1.165, 1.54) is 0 Å². The average molecular weight is 392 g/mol. The van der Waals surface area contributed by atoms with Gasteiger partial charge >= 0.3 is 0 Å². The van der Waals surface area contributed by atoms with E-state index < -0.39 is 0 Å². The van der Waals surface area contributed by atoms with Gasteiger partial charge in [0.05, 0.1) is 5.92 Å². The monoisotopic (exact) mass is 391 g/mol. The molecule has 1 aromatic carbocycles. The largest absolute Gasteiger partial charge is 0.326 e. The standard InChI is InChI=1S/C25H33N3O/c1-4-23(18-22-13-9-8-10-20(22)2)26-25(29)24(21-11-6-5-7-12-21)19-28-16-14-27(3)15-17-28/h4-7,9,11-13,18,24H,2,8,10,14-17,19H2,1,3H3,(H,26,29)/b22-18-,23-4?. The molecule has 0 aromatic heterocycles. The number of piperazine rings is 1. The highest BCUT2D eigenvalue weighted by Gasteiger charge is 2.25. The van der Waals surface area contributed by atoms with Crippen LogP contribution in [0, 0.1) is 0 Å². The van der Waals surface area contributed by atoms with Gasteiger partial charge in [0.15, 0.2) is 0 Å². The first kappa shape index (κ1) is 21.3. The molecule has 4 heteroatoms. The van der Waals surface area contributed by atoms with Gasteiger partial charge in [0, 0.05) is 38.4 Å². The molecule has 1 amide bonds. The Kier molecular flexibility index (Phi) is 7.62. The third-order valence-corrected chi connectivity index (χ3v) is 5.76.